The van der Waals surface area contributed by atoms with E-state index in [1.165, 1.54) is 18.2 Å². The van der Waals surface area contributed by atoms with Crippen molar-refractivity contribution < 1.29 is 13.2 Å². The standard InChI is InChI=1S/C10H9ClO3S/c1-6-4-9(12)8-5-7(11)2-3-10(8)15(6,13)14/h2-3,5-6H,4H2,1H3. The molecule has 3 nitrogen and oxygen atoms in total. The second-order valence-electron chi connectivity index (χ2n) is 3.62. The Morgan fingerprint density at radius 1 is 1.40 bits per heavy atom. The van der Waals surface area contributed by atoms with Gasteiger partial charge in [-0.3, -0.25) is 4.79 Å². The van der Waals surface area contributed by atoms with Crippen molar-refractivity contribution in [1.82, 2.24) is 0 Å². The molecule has 0 spiro atoms. The Bertz CT molecular complexity index is 534. The van der Waals surface area contributed by atoms with Crippen molar-refractivity contribution in [2.45, 2.75) is 23.5 Å². The summed E-state index contributed by atoms with van der Waals surface area (Å²) in [7, 11) is -3.35. The van der Waals surface area contributed by atoms with E-state index in [0.717, 1.165) is 0 Å². The molecule has 1 aliphatic rings. The van der Waals surface area contributed by atoms with E-state index < -0.39 is 15.1 Å². The summed E-state index contributed by atoms with van der Waals surface area (Å²) >= 11 is 5.72. The summed E-state index contributed by atoms with van der Waals surface area (Å²) in [6, 6.07) is 4.31. The summed E-state index contributed by atoms with van der Waals surface area (Å²) in [4.78, 5) is 11.7. The first-order valence-corrected chi connectivity index (χ1v) is 6.42. The molecule has 5 heteroatoms. The highest BCUT2D eigenvalue weighted by Crippen LogP contribution is 2.31. The quantitative estimate of drug-likeness (QED) is 0.702. The summed E-state index contributed by atoms with van der Waals surface area (Å²) in [6.07, 6.45) is 0.0374. The minimum absolute atomic E-state index is 0.0374. The van der Waals surface area contributed by atoms with Gasteiger partial charge < -0.3 is 0 Å². The summed E-state index contributed by atoms with van der Waals surface area (Å²) in [5.41, 5.74) is 0.223. The van der Waals surface area contributed by atoms with E-state index in [4.69, 9.17) is 11.6 Å². The lowest BCUT2D eigenvalue weighted by Crippen LogP contribution is -2.28. The van der Waals surface area contributed by atoms with Crippen LogP contribution in [0.5, 0.6) is 0 Å². The third kappa shape index (κ3) is 1.58. The number of fused-ring (bicyclic) bond motifs is 1. The predicted octanol–water partition coefficient (Wildman–Crippen LogP) is 2.09. The SMILES string of the molecule is CC1CC(=O)c2cc(Cl)ccc2S1(=O)=O. The van der Waals surface area contributed by atoms with Crippen LogP contribution in [0.25, 0.3) is 0 Å². The van der Waals surface area contributed by atoms with Gasteiger partial charge in [0.2, 0.25) is 0 Å². The maximum absolute atomic E-state index is 11.9. The number of ketones is 1. The zero-order chi connectivity index (χ0) is 11.2. The van der Waals surface area contributed by atoms with E-state index in [-0.39, 0.29) is 22.7 Å². The van der Waals surface area contributed by atoms with Crippen molar-refractivity contribution in [1.29, 1.82) is 0 Å². The normalized spacial score (nSPS) is 23.6. The van der Waals surface area contributed by atoms with Gasteiger partial charge in [-0.05, 0) is 25.1 Å². The molecule has 0 amide bonds. The Morgan fingerprint density at radius 3 is 2.73 bits per heavy atom. The Labute approximate surface area is 93.0 Å². The van der Waals surface area contributed by atoms with Crippen LogP contribution in [0.2, 0.25) is 5.02 Å². The van der Waals surface area contributed by atoms with Gasteiger partial charge in [0.25, 0.3) is 0 Å². The van der Waals surface area contributed by atoms with Gasteiger partial charge in [0.15, 0.2) is 15.6 Å². The Hall–Kier alpha value is -0.870. The van der Waals surface area contributed by atoms with Gasteiger partial charge >= 0.3 is 0 Å². The first-order chi connectivity index (χ1) is 6.93. The molecule has 0 N–H and O–H groups in total. The molecule has 2 rings (SSSR count). The fourth-order valence-corrected chi connectivity index (χ4v) is 3.38. The fraction of sp³-hybridized carbons (Fsp3) is 0.300. The van der Waals surface area contributed by atoms with Crippen molar-refractivity contribution >= 4 is 27.2 Å². The monoisotopic (exact) mass is 244 g/mol. The van der Waals surface area contributed by atoms with Gasteiger partial charge in [0.05, 0.1) is 10.1 Å². The van der Waals surface area contributed by atoms with Crippen molar-refractivity contribution in [2.24, 2.45) is 0 Å². The van der Waals surface area contributed by atoms with Crippen LogP contribution in [-0.4, -0.2) is 19.5 Å². The molecular formula is C10H9ClO3S. The molecule has 1 aromatic rings. The Morgan fingerprint density at radius 2 is 2.07 bits per heavy atom. The summed E-state index contributed by atoms with van der Waals surface area (Å²) in [5, 5.41) is -0.259. The zero-order valence-corrected chi connectivity index (χ0v) is 9.60. The third-order valence-electron chi connectivity index (χ3n) is 2.55. The summed E-state index contributed by atoms with van der Waals surface area (Å²) < 4.78 is 23.7. The van der Waals surface area contributed by atoms with Crippen LogP contribution in [0.1, 0.15) is 23.7 Å². The lowest BCUT2D eigenvalue weighted by molar-refractivity contribution is 0.0976. The van der Waals surface area contributed by atoms with E-state index in [2.05, 4.69) is 0 Å². The largest absolute Gasteiger partial charge is 0.294 e. The van der Waals surface area contributed by atoms with E-state index in [0.29, 0.717) is 5.02 Å². The van der Waals surface area contributed by atoms with Crippen molar-refractivity contribution in [2.75, 3.05) is 0 Å². The smallest absolute Gasteiger partial charge is 0.182 e. The molecule has 0 saturated carbocycles. The summed E-state index contributed by atoms with van der Waals surface area (Å²) in [6.45, 7) is 1.55. The number of hydrogen-bond donors (Lipinski definition) is 0. The van der Waals surface area contributed by atoms with Crippen molar-refractivity contribution in [3.8, 4) is 0 Å². The number of benzene rings is 1. The number of carbonyl (C=O) groups excluding carboxylic acids is 1. The van der Waals surface area contributed by atoms with Gasteiger partial charge in [-0.2, -0.15) is 0 Å². The third-order valence-corrected chi connectivity index (χ3v) is 4.98. The fourth-order valence-electron chi connectivity index (χ4n) is 1.67. The number of rotatable bonds is 0. The molecule has 1 aromatic carbocycles. The molecule has 0 saturated heterocycles. The maximum atomic E-state index is 11.9. The van der Waals surface area contributed by atoms with Gasteiger partial charge in [-0.25, -0.2) is 8.42 Å². The molecule has 0 bridgehead atoms. The van der Waals surface area contributed by atoms with Gasteiger partial charge in [-0.1, -0.05) is 11.6 Å². The highest BCUT2D eigenvalue weighted by molar-refractivity contribution is 7.92. The molecule has 1 atom stereocenters. The van der Waals surface area contributed by atoms with Gasteiger partial charge in [0, 0.05) is 17.0 Å². The lowest BCUT2D eigenvalue weighted by Gasteiger charge is -2.20. The van der Waals surface area contributed by atoms with Crippen molar-refractivity contribution in [3.63, 3.8) is 0 Å². The molecule has 1 unspecified atom stereocenters. The predicted molar refractivity (Wildman–Crippen MR) is 57.0 cm³/mol. The van der Waals surface area contributed by atoms with Gasteiger partial charge in [0.1, 0.15) is 0 Å². The number of hydrogen-bond acceptors (Lipinski definition) is 3. The molecule has 1 aliphatic heterocycles. The van der Waals surface area contributed by atoms with Crippen molar-refractivity contribution in [3.05, 3.63) is 28.8 Å². The van der Waals surface area contributed by atoms with Crippen LogP contribution in [0.4, 0.5) is 0 Å². The Kier molecular flexibility index (Phi) is 2.35. The topological polar surface area (TPSA) is 51.2 Å². The van der Waals surface area contributed by atoms with Crippen LogP contribution in [0, 0.1) is 0 Å². The van der Waals surface area contributed by atoms with E-state index >= 15 is 0 Å². The molecular weight excluding hydrogens is 236 g/mol. The maximum Gasteiger partial charge on any atom is 0.182 e. The van der Waals surface area contributed by atoms with E-state index in [9.17, 15) is 13.2 Å². The van der Waals surface area contributed by atoms with Crippen LogP contribution in [0.3, 0.4) is 0 Å². The Balaban J connectivity index is 2.76. The lowest BCUT2D eigenvalue weighted by atomic mass is 10.1. The number of halogens is 1. The molecule has 0 aromatic heterocycles. The number of sulfone groups is 1. The second kappa shape index (κ2) is 3.32. The number of carbonyl (C=O) groups is 1. The second-order valence-corrected chi connectivity index (χ2v) is 6.39. The van der Waals surface area contributed by atoms with Gasteiger partial charge in [-0.15, -0.1) is 0 Å². The molecule has 80 valence electrons. The molecule has 1 heterocycles. The minimum Gasteiger partial charge on any atom is -0.294 e. The molecule has 0 radical (unpaired) electrons. The zero-order valence-electron chi connectivity index (χ0n) is 8.03. The first-order valence-electron chi connectivity index (χ1n) is 4.49. The first kappa shape index (κ1) is 10.6. The van der Waals surface area contributed by atoms with Crippen LogP contribution < -0.4 is 0 Å². The average molecular weight is 245 g/mol. The highest BCUT2D eigenvalue weighted by atomic mass is 35.5. The molecule has 15 heavy (non-hydrogen) atoms. The van der Waals surface area contributed by atoms with Crippen LogP contribution >= 0.6 is 11.6 Å². The summed E-state index contributed by atoms with van der Waals surface area (Å²) in [5.74, 6) is -0.158. The highest BCUT2D eigenvalue weighted by Gasteiger charge is 2.35. The number of Topliss-reactive ketones (excluding diaryl/α,β-unsaturated/α-hetero) is 1. The van der Waals surface area contributed by atoms with E-state index in [1.807, 2.05) is 0 Å². The van der Waals surface area contributed by atoms with Crippen LogP contribution in [-0.2, 0) is 9.84 Å². The van der Waals surface area contributed by atoms with E-state index in [1.54, 1.807) is 6.92 Å². The average Bonchev–Trinajstić information content (AvgIpc) is 2.15. The minimum atomic E-state index is -3.35. The molecule has 0 aliphatic carbocycles. The molecule has 0 fully saturated rings. The van der Waals surface area contributed by atoms with Crippen LogP contribution in [0.15, 0.2) is 23.1 Å².